The van der Waals surface area contributed by atoms with E-state index in [9.17, 15) is 9.18 Å². The maximum absolute atomic E-state index is 14.2. The molecule has 29 heavy (non-hydrogen) atoms. The number of halogens is 1. The lowest BCUT2D eigenvalue weighted by atomic mass is 10.1. The van der Waals surface area contributed by atoms with Crippen molar-refractivity contribution in [3.05, 3.63) is 65.0 Å². The lowest BCUT2D eigenvalue weighted by Gasteiger charge is -2.13. The second-order valence-corrected chi connectivity index (χ2v) is 8.09. The van der Waals surface area contributed by atoms with Gasteiger partial charge in [0.2, 0.25) is 0 Å². The minimum atomic E-state index is -0.390. The molecule has 1 saturated carbocycles. The van der Waals surface area contributed by atoms with Crippen LogP contribution in [0, 0.1) is 5.82 Å². The van der Waals surface area contributed by atoms with Gasteiger partial charge in [0, 0.05) is 28.9 Å². The summed E-state index contributed by atoms with van der Waals surface area (Å²) >= 11 is 1.46. The minimum absolute atomic E-state index is 0.153. The normalized spacial score (nSPS) is 14.0. The van der Waals surface area contributed by atoms with E-state index in [1.165, 1.54) is 23.5 Å². The number of rotatable bonds is 7. The van der Waals surface area contributed by atoms with Crippen molar-refractivity contribution >= 4 is 33.9 Å². The van der Waals surface area contributed by atoms with Crippen LogP contribution < -0.4 is 16.0 Å². The van der Waals surface area contributed by atoms with E-state index >= 15 is 0 Å². The maximum Gasteiger partial charge on any atom is 0.251 e. The molecule has 0 saturated heterocycles. The van der Waals surface area contributed by atoms with Crippen molar-refractivity contribution in [2.24, 2.45) is 0 Å². The van der Waals surface area contributed by atoms with Gasteiger partial charge in [-0.25, -0.2) is 14.4 Å². The fraction of sp³-hybridized carbons (Fsp3) is 0.286. The van der Waals surface area contributed by atoms with Crippen molar-refractivity contribution in [1.82, 2.24) is 15.3 Å². The van der Waals surface area contributed by atoms with Crippen LogP contribution in [0.4, 0.5) is 21.0 Å². The Morgan fingerprint density at radius 2 is 2.03 bits per heavy atom. The summed E-state index contributed by atoms with van der Waals surface area (Å²) in [5, 5.41) is 9.95. The van der Waals surface area contributed by atoms with Crippen LogP contribution in [-0.2, 0) is 6.54 Å². The Morgan fingerprint density at radius 1 is 1.17 bits per heavy atom. The number of pyridine rings is 1. The summed E-state index contributed by atoms with van der Waals surface area (Å²) in [4.78, 5) is 21.9. The van der Waals surface area contributed by atoms with Gasteiger partial charge < -0.3 is 16.0 Å². The second-order valence-electron chi connectivity index (χ2n) is 6.97. The van der Waals surface area contributed by atoms with E-state index < -0.39 is 5.82 Å². The zero-order chi connectivity index (χ0) is 20.1. The zero-order valence-electron chi connectivity index (χ0n) is 15.8. The number of thiazole rings is 1. The summed E-state index contributed by atoms with van der Waals surface area (Å²) in [5.41, 5.74) is 0.763. The van der Waals surface area contributed by atoms with Gasteiger partial charge in [0.15, 0.2) is 5.13 Å². The number of carbonyl (C=O) groups is 1. The van der Waals surface area contributed by atoms with Gasteiger partial charge in [0.05, 0.1) is 12.2 Å². The summed E-state index contributed by atoms with van der Waals surface area (Å²) in [6.45, 7) is 0.409. The van der Waals surface area contributed by atoms with Gasteiger partial charge in [0.25, 0.3) is 5.91 Å². The highest BCUT2D eigenvalue weighted by atomic mass is 32.1. The Kier molecular flexibility index (Phi) is 6.00. The van der Waals surface area contributed by atoms with E-state index in [4.69, 9.17) is 0 Å². The third kappa shape index (κ3) is 5.08. The van der Waals surface area contributed by atoms with Crippen molar-refractivity contribution < 1.29 is 9.18 Å². The minimum Gasteiger partial charge on any atom is -0.378 e. The molecule has 1 aromatic carbocycles. The molecule has 1 aliphatic rings. The molecule has 0 bridgehead atoms. The third-order valence-electron chi connectivity index (χ3n) is 4.83. The Bertz CT molecular complexity index is 972. The zero-order valence-corrected chi connectivity index (χ0v) is 16.6. The van der Waals surface area contributed by atoms with Crippen LogP contribution in [-0.4, -0.2) is 21.9 Å². The van der Waals surface area contributed by atoms with Crippen LogP contribution in [0.2, 0.25) is 0 Å². The monoisotopic (exact) mass is 411 g/mol. The summed E-state index contributed by atoms with van der Waals surface area (Å²) in [6, 6.07) is 10.2. The molecule has 3 aromatic rings. The van der Waals surface area contributed by atoms with E-state index in [1.54, 1.807) is 18.5 Å². The van der Waals surface area contributed by atoms with Gasteiger partial charge in [0.1, 0.15) is 11.6 Å². The van der Waals surface area contributed by atoms with E-state index in [0.29, 0.717) is 28.7 Å². The van der Waals surface area contributed by atoms with Gasteiger partial charge in [-0.3, -0.25) is 4.79 Å². The molecule has 3 N–H and O–H groups in total. The van der Waals surface area contributed by atoms with Gasteiger partial charge in [-0.05, 0) is 43.2 Å². The fourth-order valence-corrected chi connectivity index (χ4v) is 4.08. The van der Waals surface area contributed by atoms with Crippen molar-refractivity contribution in [2.45, 2.75) is 38.3 Å². The predicted octanol–water partition coefficient (Wildman–Crippen LogP) is 4.71. The molecule has 1 aliphatic carbocycles. The highest BCUT2D eigenvalue weighted by molar-refractivity contribution is 7.15. The fourth-order valence-electron chi connectivity index (χ4n) is 3.32. The van der Waals surface area contributed by atoms with E-state index in [0.717, 1.165) is 30.6 Å². The molecule has 1 fully saturated rings. The van der Waals surface area contributed by atoms with Gasteiger partial charge >= 0.3 is 0 Å². The quantitative estimate of drug-likeness (QED) is 0.525. The van der Waals surface area contributed by atoms with Crippen molar-refractivity contribution in [3.8, 4) is 0 Å². The molecular weight excluding hydrogens is 389 g/mol. The Balaban J connectivity index is 1.37. The van der Waals surface area contributed by atoms with Crippen LogP contribution in [0.1, 0.15) is 40.9 Å². The first-order chi connectivity index (χ1) is 14.2. The van der Waals surface area contributed by atoms with E-state index in [1.807, 2.05) is 18.2 Å². The van der Waals surface area contributed by atoms with Crippen LogP contribution in [0.5, 0.6) is 0 Å². The number of hydrogen-bond donors (Lipinski definition) is 3. The molecule has 2 aromatic heterocycles. The Morgan fingerprint density at radius 3 is 2.83 bits per heavy atom. The highest BCUT2D eigenvalue weighted by Gasteiger charge is 2.18. The molecule has 0 spiro atoms. The molecule has 8 heteroatoms. The number of amides is 1. The van der Waals surface area contributed by atoms with Crippen LogP contribution in [0.15, 0.2) is 48.8 Å². The first-order valence-corrected chi connectivity index (χ1v) is 10.5. The van der Waals surface area contributed by atoms with Gasteiger partial charge in [-0.15, -0.1) is 0 Å². The first-order valence-electron chi connectivity index (χ1n) is 9.64. The first kappa shape index (κ1) is 19.3. The average Bonchev–Trinajstić information content (AvgIpc) is 3.40. The summed E-state index contributed by atoms with van der Waals surface area (Å²) in [7, 11) is 0. The molecule has 0 atom stereocenters. The van der Waals surface area contributed by atoms with Crippen molar-refractivity contribution in [1.29, 1.82) is 0 Å². The molecule has 0 radical (unpaired) electrons. The van der Waals surface area contributed by atoms with Gasteiger partial charge in [-0.2, -0.15) is 0 Å². The number of hydrogen-bond acceptors (Lipinski definition) is 6. The lowest BCUT2D eigenvalue weighted by molar-refractivity contribution is 0.0938. The molecule has 6 nitrogen and oxygen atoms in total. The molecule has 0 aliphatic heterocycles. The van der Waals surface area contributed by atoms with Crippen LogP contribution >= 0.6 is 11.3 Å². The van der Waals surface area contributed by atoms with Gasteiger partial charge in [-0.1, -0.05) is 30.2 Å². The van der Waals surface area contributed by atoms with Crippen LogP contribution in [0.25, 0.3) is 0 Å². The third-order valence-corrected chi connectivity index (χ3v) is 5.74. The Labute approximate surface area is 172 Å². The molecule has 0 unspecified atom stereocenters. The molecule has 150 valence electrons. The molecular formula is C21H22FN5OS. The van der Waals surface area contributed by atoms with E-state index in [-0.39, 0.29) is 11.9 Å². The van der Waals surface area contributed by atoms with Crippen molar-refractivity contribution in [3.63, 3.8) is 0 Å². The number of anilines is 3. The predicted molar refractivity (Wildman–Crippen MR) is 113 cm³/mol. The maximum atomic E-state index is 14.2. The number of benzene rings is 1. The lowest BCUT2D eigenvalue weighted by Crippen LogP contribution is -2.32. The van der Waals surface area contributed by atoms with Crippen LogP contribution in [0.3, 0.4) is 0 Å². The largest absolute Gasteiger partial charge is 0.378 e. The summed E-state index contributed by atoms with van der Waals surface area (Å²) in [5.74, 6) is 0.173. The topological polar surface area (TPSA) is 78.9 Å². The number of aromatic nitrogens is 2. The highest BCUT2D eigenvalue weighted by Crippen LogP contribution is 2.24. The standard InChI is InChI=1S/C21H22FN5OS/c22-17-9-8-14(20(28)26-15-5-1-2-6-15)11-18(17)24-12-16-13-25-21(29-16)27-19-7-3-4-10-23-19/h3-4,7-11,13,15,24H,1-2,5-6,12H2,(H,26,28)(H,23,25,27). The smallest absolute Gasteiger partial charge is 0.251 e. The second kappa shape index (κ2) is 9.00. The SMILES string of the molecule is O=C(NC1CCCC1)c1ccc(F)c(NCc2cnc(Nc3ccccn3)s2)c1. The average molecular weight is 412 g/mol. The number of nitrogens with zero attached hydrogens (tertiary/aromatic N) is 2. The molecule has 2 heterocycles. The number of carbonyl (C=O) groups excluding carboxylic acids is 1. The Hall–Kier alpha value is -3.00. The van der Waals surface area contributed by atoms with Crippen molar-refractivity contribution in [2.75, 3.05) is 10.6 Å². The summed E-state index contributed by atoms with van der Waals surface area (Å²) in [6.07, 6.45) is 7.76. The van der Waals surface area contributed by atoms with E-state index in [2.05, 4.69) is 25.9 Å². The number of nitrogens with one attached hydrogen (secondary N) is 3. The molecule has 4 rings (SSSR count). The molecule has 1 amide bonds. The summed E-state index contributed by atoms with van der Waals surface area (Å²) < 4.78 is 14.2.